The zero-order chi connectivity index (χ0) is 20.0. The summed E-state index contributed by atoms with van der Waals surface area (Å²) in [7, 11) is -3.74. The number of carbonyl (C=O) groups is 2. The molecule has 0 aliphatic carbocycles. The maximum Gasteiger partial charge on any atom is 0.409 e. The Morgan fingerprint density at radius 3 is 2.44 bits per heavy atom. The van der Waals surface area contributed by atoms with Crippen molar-refractivity contribution in [1.82, 2.24) is 14.5 Å². The van der Waals surface area contributed by atoms with Crippen molar-refractivity contribution in [3.8, 4) is 0 Å². The minimum atomic E-state index is -3.74. The van der Waals surface area contributed by atoms with Crippen LogP contribution in [0, 0.1) is 0 Å². The number of ether oxygens (including phenoxy) is 1. The van der Waals surface area contributed by atoms with Crippen molar-refractivity contribution >= 4 is 22.0 Å². The van der Waals surface area contributed by atoms with Crippen LogP contribution < -0.4 is 5.32 Å². The van der Waals surface area contributed by atoms with E-state index in [2.05, 4.69) is 5.32 Å². The molecule has 1 aromatic carbocycles. The van der Waals surface area contributed by atoms with Crippen LogP contribution in [0.15, 0.2) is 29.2 Å². The zero-order valence-electron chi connectivity index (χ0n) is 16.0. The van der Waals surface area contributed by atoms with Crippen molar-refractivity contribution in [2.45, 2.75) is 38.1 Å². The number of hydrogen-bond donors (Lipinski definition) is 1. The van der Waals surface area contributed by atoms with Crippen LogP contribution in [0.4, 0.5) is 4.79 Å². The van der Waals surface area contributed by atoms with Gasteiger partial charge >= 0.3 is 6.09 Å². The van der Waals surface area contributed by atoms with E-state index in [1.54, 1.807) is 19.1 Å². The van der Waals surface area contributed by atoms with Crippen molar-refractivity contribution in [2.75, 3.05) is 32.8 Å². The van der Waals surface area contributed by atoms with Crippen LogP contribution in [0.1, 0.15) is 37.6 Å². The lowest BCUT2D eigenvalue weighted by Crippen LogP contribution is -2.50. The number of rotatable bonds is 6. The van der Waals surface area contributed by atoms with E-state index in [9.17, 15) is 18.0 Å². The summed E-state index contributed by atoms with van der Waals surface area (Å²) >= 11 is 0. The average Bonchev–Trinajstić information content (AvgIpc) is 2.68. The minimum Gasteiger partial charge on any atom is -0.450 e. The van der Waals surface area contributed by atoms with E-state index >= 15 is 0 Å². The number of piperazine rings is 1. The summed E-state index contributed by atoms with van der Waals surface area (Å²) in [5.74, 6) is -0.298. The predicted octanol–water partition coefficient (Wildman–Crippen LogP) is 1.68. The Bertz CT molecular complexity index is 773. The highest BCUT2D eigenvalue weighted by atomic mass is 32.2. The van der Waals surface area contributed by atoms with E-state index in [1.807, 2.05) is 13.8 Å². The first-order valence-corrected chi connectivity index (χ1v) is 10.6. The van der Waals surface area contributed by atoms with Crippen LogP contribution in [0.3, 0.4) is 0 Å². The molecule has 1 aliphatic heterocycles. The number of benzene rings is 1. The molecule has 8 nitrogen and oxygen atoms in total. The summed E-state index contributed by atoms with van der Waals surface area (Å²) in [5, 5.41) is 2.83. The molecule has 27 heavy (non-hydrogen) atoms. The molecule has 1 N–H and O–H groups in total. The minimum absolute atomic E-state index is 0.00807. The number of hydrogen-bond acceptors (Lipinski definition) is 5. The van der Waals surface area contributed by atoms with Gasteiger partial charge < -0.3 is 15.0 Å². The van der Waals surface area contributed by atoms with Gasteiger partial charge in [0.2, 0.25) is 10.0 Å². The van der Waals surface area contributed by atoms with E-state index < -0.39 is 16.1 Å². The zero-order valence-corrected chi connectivity index (χ0v) is 16.8. The molecule has 1 atom stereocenters. The molecule has 0 radical (unpaired) electrons. The van der Waals surface area contributed by atoms with Crippen molar-refractivity contribution in [3.63, 3.8) is 0 Å². The van der Waals surface area contributed by atoms with Gasteiger partial charge in [0, 0.05) is 37.8 Å². The quantitative estimate of drug-likeness (QED) is 0.788. The summed E-state index contributed by atoms with van der Waals surface area (Å²) in [6, 6.07) is 6.04. The molecular weight excluding hydrogens is 370 g/mol. The second-order valence-corrected chi connectivity index (χ2v) is 8.34. The number of sulfonamides is 1. The van der Waals surface area contributed by atoms with Gasteiger partial charge in [-0.2, -0.15) is 4.31 Å². The lowest BCUT2D eigenvalue weighted by atomic mass is 10.2. The first-order valence-electron chi connectivity index (χ1n) is 9.12. The normalized spacial score (nSPS) is 16.6. The molecule has 150 valence electrons. The summed E-state index contributed by atoms with van der Waals surface area (Å²) in [5.41, 5.74) is 0.307. The molecule has 9 heteroatoms. The maximum absolute atomic E-state index is 12.9. The summed E-state index contributed by atoms with van der Waals surface area (Å²) in [4.78, 5) is 25.6. The number of amides is 2. The highest BCUT2D eigenvalue weighted by Crippen LogP contribution is 2.19. The molecule has 0 aromatic heterocycles. The van der Waals surface area contributed by atoms with Crippen molar-refractivity contribution in [2.24, 2.45) is 0 Å². The summed E-state index contributed by atoms with van der Waals surface area (Å²) < 4.78 is 32.1. The lowest BCUT2D eigenvalue weighted by Gasteiger charge is -2.33. The van der Waals surface area contributed by atoms with Gasteiger partial charge in [-0.25, -0.2) is 13.2 Å². The van der Waals surface area contributed by atoms with Crippen LogP contribution in [0.25, 0.3) is 0 Å². The van der Waals surface area contributed by atoms with Gasteiger partial charge in [0.05, 0.1) is 11.5 Å². The van der Waals surface area contributed by atoms with E-state index in [0.29, 0.717) is 5.56 Å². The Balaban J connectivity index is 2.10. The first kappa shape index (κ1) is 21.2. The molecular formula is C18H27N3O5S. The Morgan fingerprint density at radius 1 is 1.19 bits per heavy atom. The van der Waals surface area contributed by atoms with Crippen LogP contribution in [-0.2, 0) is 14.8 Å². The monoisotopic (exact) mass is 397 g/mol. The average molecular weight is 397 g/mol. The molecule has 1 heterocycles. The Morgan fingerprint density at radius 2 is 1.85 bits per heavy atom. The van der Waals surface area contributed by atoms with Gasteiger partial charge in [0.25, 0.3) is 5.91 Å². The maximum atomic E-state index is 12.9. The van der Waals surface area contributed by atoms with Crippen molar-refractivity contribution in [3.05, 3.63) is 29.8 Å². The second kappa shape index (κ2) is 9.18. The predicted molar refractivity (Wildman–Crippen MR) is 101 cm³/mol. The van der Waals surface area contributed by atoms with E-state index in [-0.39, 0.29) is 49.6 Å². The van der Waals surface area contributed by atoms with Crippen molar-refractivity contribution in [1.29, 1.82) is 0 Å². The van der Waals surface area contributed by atoms with Crippen molar-refractivity contribution < 1.29 is 22.7 Å². The van der Waals surface area contributed by atoms with Gasteiger partial charge in [-0.1, -0.05) is 13.0 Å². The van der Waals surface area contributed by atoms with Crippen LogP contribution in [0.2, 0.25) is 0 Å². The third-order valence-electron chi connectivity index (χ3n) is 4.49. The van der Waals surface area contributed by atoms with Crippen LogP contribution in [0.5, 0.6) is 0 Å². The lowest BCUT2D eigenvalue weighted by molar-refractivity contribution is 0.0927. The fraction of sp³-hybridized carbons (Fsp3) is 0.556. The third kappa shape index (κ3) is 5.20. The van der Waals surface area contributed by atoms with Gasteiger partial charge in [-0.15, -0.1) is 0 Å². The number of nitrogens with zero attached hydrogens (tertiary/aromatic N) is 2. The van der Waals surface area contributed by atoms with E-state index in [4.69, 9.17) is 4.74 Å². The molecule has 1 unspecified atom stereocenters. The highest BCUT2D eigenvalue weighted by molar-refractivity contribution is 7.89. The highest BCUT2D eigenvalue weighted by Gasteiger charge is 2.31. The molecule has 1 aromatic rings. The fourth-order valence-corrected chi connectivity index (χ4v) is 4.15. The van der Waals surface area contributed by atoms with Gasteiger partial charge in [-0.3, -0.25) is 4.79 Å². The number of nitrogens with one attached hydrogen (secondary N) is 1. The Kier molecular flexibility index (Phi) is 7.20. The molecule has 2 amide bonds. The van der Waals surface area contributed by atoms with Gasteiger partial charge in [0.15, 0.2) is 0 Å². The first-order chi connectivity index (χ1) is 12.8. The van der Waals surface area contributed by atoms with Crippen LogP contribution >= 0.6 is 0 Å². The third-order valence-corrected chi connectivity index (χ3v) is 6.38. The Labute approximate surface area is 160 Å². The van der Waals surface area contributed by atoms with Gasteiger partial charge in [-0.05, 0) is 38.5 Å². The molecule has 2 rings (SSSR count). The largest absolute Gasteiger partial charge is 0.450 e. The van der Waals surface area contributed by atoms with E-state index in [0.717, 1.165) is 6.42 Å². The summed E-state index contributed by atoms with van der Waals surface area (Å²) in [6.07, 6.45) is 0.354. The topological polar surface area (TPSA) is 96.0 Å². The fourth-order valence-electron chi connectivity index (χ4n) is 2.68. The Hall–Kier alpha value is -2.13. The molecule has 0 spiro atoms. The number of carbonyl (C=O) groups excluding carboxylic acids is 2. The second-order valence-electron chi connectivity index (χ2n) is 6.40. The molecule has 0 bridgehead atoms. The van der Waals surface area contributed by atoms with Crippen LogP contribution in [-0.4, -0.2) is 68.5 Å². The molecule has 1 saturated heterocycles. The van der Waals surface area contributed by atoms with Gasteiger partial charge in [0.1, 0.15) is 0 Å². The SMILES string of the molecule is CCOC(=O)N1CCN(S(=O)(=O)c2cccc(C(=O)NC(C)CC)c2)CC1. The molecule has 0 saturated carbocycles. The smallest absolute Gasteiger partial charge is 0.409 e. The molecule has 1 fully saturated rings. The molecule has 1 aliphatic rings. The standard InChI is InChI=1S/C18H27N3O5S/c1-4-14(3)19-17(22)15-7-6-8-16(13-15)27(24,25)21-11-9-20(10-12-21)18(23)26-5-2/h6-8,13-14H,4-5,9-12H2,1-3H3,(H,19,22). The summed E-state index contributed by atoms with van der Waals surface area (Å²) in [6.45, 7) is 6.77. The van der Waals surface area contributed by atoms with E-state index in [1.165, 1.54) is 21.3 Å².